The van der Waals surface area contributed by atoms with Gasteiger partial charge in [0.05, 0.1) is 0 Å². The number of ether oxygens (including phenoxy) is 2. The van der Waals surface area contributed by atoms with E-state index in [0.717, 1.165) is 25.7 Å². The largest absolute Gasteiger partial charge is 0.452 e. The summed E-state index contributed by atoms with van der Waals surface area (Å²) in [6.07, 6.45) is 9.20. The number of allylic oxidation sites excluding steroid dienone is 4. The Kier molecular flexibility index (Phi) is 7.29. The van der Waals surface area contributed by atoms with Crippen LogP contribution in [0.4, 0.5) is 0 Å². The van der Waals surface area contributed by atoms with Crippen LogP contribution in [0, 0.1) is 28.6 Å². The number of hydrogen-bond acceptors (Lipinski definition) is 6. The summed E-state index contributed by atoms with van der Waals surface area (Å²) in [5.74, 6) is 1.03. The molecule has 0 aromatic rings. The average molecular weight is 486 g/mol. The van der Waals surface area contributed by atoms with E-state index in [1.54, 1.807) is 27.7 Å². The van der Waals surface area contributed by atoms with E-state index in [0.29, 0.717) is 30.6 Å². The van der Waals surface area contributed by atoms with Crippen LogP contribution < -0.4 is 0 Å². The molecule has 6 heteroatoms. The molecule has 0 heterocycles. The number of rotatable bonds is 3. The van der Waals surface area contributed by atoms with Crippen LogP contribution in [-0.4, -0.2) is 35.2 Å². The van der Waals surface area contributed by atoms with Crippen LogP contribution >= 0.6 is 0 Å². The third-order valence-corrected chi connectivity index (χ3v) is 9.18. The van der Waals surface area contributed by atoms with E-state index >= 15 is 0 Å². The van der Waals surface area contributed by atoms with Crippen LogP contribution in [0.15, 0.2) is 23.3 Å². The zero-order valence-corrected chi connectivity index (χ0v) is 22.6. The lowest BCUT2D eigenvalue weighted by Crippen LogP contribution is -2.58. The zero-order chi connectivity index (χ0) is 26.4. The zero-order valence-electron chi connectivity index (χ0n) is 22.6. The van der Waals surface area contributed by atoms with Gasteiger partial charge in [0.2, 0.25) is 0 Å². The van der Waals surface area contributed by atoms with Gasteiger partial charge in [-0.1, -0.05) is 25.5 Å². The predicted molar refractivity (Wildman–Crippen MR) is 133 cm³/mol. The van der Waals surface area contributed by atoms with Gasteiger partial charge in [0.25, 0.3) is 0 Å². The quantitative estimate of drug-likeness (QED) is 0.495. The first kappa shape index (κ1) is 27.3. The number of carbonyl (C=O) groups excluding carboxylic acids is 4. The van der Waals surface area contributed by atoms with Crippen LogP contribution in [0.2, 0.25) is 0 Å². The molecule has 4 rings (SSSR count). The van der Waals surface area contributed by atoms with Crippen molar-refractivity contribution in [2.45, 2.75) is 105 Å². The van der Waals surface area contributed by atoms with Gasteiger partial charge in [-0.2, -0.15) is 0 Å². The van der Waals surface area contributed by atoms with Crippen molar-refractivity contribution in [3.8, 4) is 0 Å². The molecule has 193 valence electrons. The van der Waals surface area contributed by atoms with Gasteiger partial charge >= 0.3 is 12.4 Å². The highest BCUT2D eigenvalue weighted by Gasteiger charge is 2.67. The minimum Gasteiger partial charge on any atom is -0.452 e. The fourth-order valence-corrected chi connectivity index (χ4v) is 7.60. The smallest absolute Gasteiger partial charge is 0.418 e. The molecule has 35 heavy (non-hydrogen) atoms. The van der Waals surface area contributed by atoms with Crippen LogP contribution in [-0.2, 0) is 28.7 Å². The third kappa shape index (κ3) is 4.65. The molecule has 0 bridgehead atoms. The van der Waals surface area contributed by atoms with Gasteiger partial charge in [-0.25, -0.2) is 4.79 Å². The Hall–Kier alpha value is -2.24. The van der Waals surface area contributed by atoms with Crippen molar-refractivity contribution >= 4 is 24.0 Å². The minimum atomic E-state index is -0.990. The van der Waals surface area contributed by atoms with Crippen LogP contribution in [0.3, 0.4) is 0 Å². The Morgan fingerprint density at radius 2 is 1.69 bits per heavy atom. The molecule has 2 fully saturated rings. The minimum absolute atomic E-state index is 0.0160. The van der Waals surface area contributed by atoms with Crippen molar-refractivity contribution in [1.29, 1.82) is 0 Å². The summed E-state index contributed by atoms with van der Waals surface area (Å²) in [7, 11) is 0. The van der Waals surface area contributed by atoms with Gasteiger partial charge in [0.1, 0.15) is 5.60 Å². The first-order valence-electron chi connectivity index (χ1n) is 12.8. The number of carbonyl (C=O) groups is 3. The second-order valence-electron chi connectivity index (χ2n) is 12.4. The molecule has 4 aliphatic rings. The normalized spacial score (nSPS) is 37.8. The monoisotopic (exact) mass is 485 g/mol. The van der Waals surface area contributed by atoms with E-state index in [4.69, 9.17) is 4.74 Å². The Morgan fingerprint density at radius 3 is 2.20 bits per heavy atom. The Bertz CT molecular complexity index is 968. The highest BCUT2D eigenvalue weighted by molar-refractivity contribution is 5.92. The molecule has 2 saturated carbocycles. The Labute approximate surface area is 209 Å². The van der Waals surface area contributed by atoms with Gasteiger partial charge in [0, 0.05) is 18.8 Å². The Balaban J connectivity index is 0.000000429. The summed E-state index contributed by atoms with van der Waals surface area (Å²) in [6, 6.07) is 0. The van der Waals surface area contributed by atoms with E-state index in [-0.39, 0.29) is 34.0 Å². The molecule has 0 N–H and O–H groups in total. The lowest BCUT2D eigenvalue weighted by Gasteiger charge is -2.58. The maximum Gasteiger partial charge on any atom is 0.418 e. The number of esters is 1. The lowest BCUT2D eigenvalue weighted by molar-refractivity contribution is -0.185. The first-order chi connectivity index (χ1) is 16.1. The van der Waals surface area contributed by atoms with Gasteiger partial charge in [-0.05, 0) is 102 Å². The second kappa shape index (κ2) is 9.33. The highest BCUT2D eigenvalue weighted by atomic mass is 16.6. The SMILES string of the molecule is CC(=O)O[C@]1(C(C)=O)CC[C@H]2[C@@H]3C=C(C)C4=CC(=O)CC[C@]4(C)[C@H]3CC[C@@]21C.CC(C)(C)O[C]=O. The van der Waals surface area contributed by atoms with Crippen molar-refractivity contribution in [2.75, 3.05) is 0 Å². The molecule has 0 amide bonds. The molecule has 0 aromatic heterocycles. The molecular formula is C29H41O6. The third-order valence-electron chi connectivity index (χ3n) is 9.18. The standard InChI is InChI=1S/C24H32O4.C5H9O2/c1-14-12-18-19(22(4)9-6-17(27)13-21(14)22)7-10-23(5)20(18)8-11-24(23,15(2)25)28-16(3)26;1-5(2,3)7-4-6/h12-13,18-20H,6-11H2,1-5H3;1-3H3/t18-,19+,20+,22-,23+,24+;/m1./s1. The summed E-state index contributed by atoms with van der Waals surface area (Å²) >= 11 is 0. The lowest BCUT2D eigenvalue weighted by atomic mass is 9.47. The van der Waals surface area contributed by atoms with E-state index in [1.807, 2.05) is 6.08 Å². The number of hydrogen-bond donors (Lipinski definition) is 0. The van der Waals surface area contributed by atoms with Crippen LogP contribution in [0.5, 0.6) is 0 Å². The van der Waals surface area contributed by atoms with Crippen molar-refractivity contribution in [1.82, 2.24) is 0 Å². The molecule has 0 spiro atoms. The summed E-state index contributed by atoms with van der Waals surface area (Å²) in [4.78, 5) is 46.2. The molecule has 1 radical (unpaired) electrons. The van der Waals surface area contributed by atoms with Crippen molar-refractivity contribution in [3.05, 3.63) is 23.3 Å². The van der Waals surface area contributed by atoms with Gasteiger partial charge in [-0.3, -0.25) is 14.4 Å². The molecule has 6 nitrogen and oxygen atoms in total. The summed E-state index contributed by atoms with van der Waals surface area (Å²) in [5, 5.41) is 0. The molecular weight excluding hydrogens is 444 g/mol. The maximum atomic E-state index is 12.8. The maximum absolute atomic E-state index is 12.8. The summed E-state index contributed by atoms with van der Waals surface area (Å²) < 4.78 is 10.2. The fraction of sp³-hybridized carbons (Fsp3) is 0.724. The number of ketones is 2. The fourth-order valence-electron chi connectivity index (χ4n) is 7.60. The molecule has 6 atom stereocenters. The topological polar surface area (TPSA) is 86.7 Å². The summed E-state index contributed by atoms with van der Waals surface area (Å²) in [6.45, 7) is 16.4. The van der Waals surface area contributed by atoms with Crippen molar-refractivity contribution in [3.63, 3.8) is 0 Å². The van der Waals surface area contributed by atoms with Crippen molar-refractivity contribution < 1.29 is 28.7 Å². The molecule has 0 unspecified atom stereocenters. The molecule has 0 aromatic carbocycles. The predicted octanol–water partition coefficient (Wildman–Crippen LogP) is 5.44. The summed E-state index contributed by atoms with van der Waals surface area (Å²) in [5.41, 5.74) is 0.780. The highest BCUT2D eigenvalue weighted by Crippen LogP contribution is 2.67. The molecule has 0 aliphatic heterocycles. The average Bonchev–Trinajstić information content (AvgIpc) is 3.02. The molecule has 4 aliphatic carbocycles. The van der Waals surface area contributed by atoms with Gasteiger partial charge in [-0.15, -0.1) is 0 Å². The van der Waals surface area contributed by atoms with Crippen LogP contribution in [0.1, 0.15) is 93.9 Å². The van der Waals surface area contributed by atoms with Crippen molar-refractivity contribution in [2.24, 2.45) is 28.6 Å². The van der Waals surface area contributed by atoms with E-state index in [1.165, 1.54) is 24.5 Å². The first-order valence-corrected chi connectivity index (χ1v) is 12.8. The van der Waals surface area contributed by atoms with E-state index in [9.17, 15) is 19.2 Å². The second-order valence-corrected chi connectivity index (χ2v) is 12.4. The van der Waals surface area contributed by atoms with Gasteiger partial charge in [0.15, 0.2) is 17.2 Å². The van der Waals surface area contributed by atoms with E-state index in [2.05, 4.69) is 31.6 Å². The number of fused-ring (bicyclic) bond motifs is 5. The van der Waals surface area contributed by atoms with Crippen LogP contribution in [0.25, 0.3) is 0 Å². The number of Topliss-reactive ketones (excluding diaryl/α,β-unsaturated/α-hetero) is 1. The Morgan fingerprint density at radius 1 is 1.06 bits per heavy atom. The molecule has 0 saturated heterocycles. The van der Waals surface area contributed by atoms with Gasteiger partial charge < -0.3 is 9.47 Å². The van der Waals surface area contributed by atoms with E-state index < -0.39 is 5.60 Å².